The van der Waals surface area contributed by atoms with Crippen molar-refractivity contribution in [3.8, 4) is 11.8 Å². The molecule has 3 aliphatic rings. The van der Waals surface area contributed by atoms with Gasteiger partial charge >= 0.3 is 12.1 Å². The predicted octanol–water partition coefficient (Wildman–Crippen LogP) is 5.92. The van der Waals surface area contributed by atoms with Crippen molar-refractivity contribution < 1.29 is 45.7 Å². The van der Waals surface area contributed by atoms with Gasteiger partial charge in [0.1, 0.15) is 17.1 Å². The first kappa shape index (κ1) is 39.9. The zero-order valence-corrected chi connectivity index (χ0v) is 33.0. The molecule has 0 bridgehead atoms. The molecule has 0 aliphatic carbocycles. The number of benzene rings is 1. The largest absolute Gasteiger partial charge is 0.481 e. The molecule has 302 valence electrons. The molecule has 2 fully saturated rings. The standard InChI is InChI=1S/C39H47F3N6O7S/c1-24-8-9-27(31(37(4,5)36(49)50)29-10-15-48-32(26(29)3)44-45-35(48)39(40,41)42)21-28(24)22-47-23-38(11-17-53-18-12-38)55-34-30(56(47,51)52)20-25(2)33(43-34)54-19-16-46-13-6-7-14-46/h8-10,15,20-21,31H,6-7,11-14,16-19,22-23H2,1-5H3,(H,49,50)/t31-/m1/s1. The Labute approximate surface area is 323 Å². The zero-order valence-electron chi connectivity index (χ0n) is 32.1. The van der Waals surface area contributed by atoms with Gasteiger partial charge in [-0.1, -0.05) is 18.2 Å². The summed E-state index contributed by atoms with van der Waals surface area (Å²) >= 11 is 0. The van der Waals surface area contributed by atoms with Gasteiger partial charge in [0, 0.05) is 43.6 Å². The second kappa shape index (κ2) is 14.9. The normalized spacial score (nSPS) is 19.4. The summed E-state index contributed by atoms with van der Waals surface area (Å²) in [6.07, 6.45) is -0.386. The number of carboxylic acid groups (broad SMARTS) is 1. The van der Waals surface area contributed by atoms with Gasteiger partial charge in [-0.25, -0.2) is 8.42 Å². The maximum atomic E-state index is 14.7. The van der Waals surface area contributed by atoms with Gasteiger partial charge in [-0.15, -0.1) is 10.2 Å². The second-order valence-corrected chi connectivity index (χ2v) is 17.6. The highest BCUT2D eigenvalue weighted by molar-refractivity contribution is 7.89. The molecule has 13 nitrogen and oxygen atoms in total. The summed E-state index contributed by atoms with van der Waals surface area (Å²) in [7, 11) is -4.21. The van der Waals surface area contributed by atoms with Gasteiger partial charge < -0.3 is 19.3 Å². The maximum absolute atomic E-state index is 14.7. The Kier molecular flexibility index (Phi) is 10.6. The Morgan fingerprint density at radius 2 is 1.75 bits per heavy atom. The van der Waals surface area contributed by atoms with Crippen molar-refractivity contribution in [2.24, 2.45) is 5.41 Å². The second-order valence-electron chi connectivity index (χ2n) is 15.7. The minimum atomic E-state index is -4.75. The van der Waals surface area contributed by atoms with Crippen LogP contribution >= 0.6 is 0 Å². The lowest BCUT2D eigenvalue weighted by atomic mass is 9.70. The third-order valence-electron chi connectivity index (χ3n) is 11.5. The summed E-state index contributed by atoms with van der Waals surface area (Å²) in [5.41, 5.74) is 0.814. The number of sulfonamides is 1. The first-order chi connectivity index (χ1) is 26.4. The van der Waals surface area contributed by atoms with Crippen LogP contribution in [0.25, 0.3) is 5.65 Å². The molecule has 56 heavy (non-hydrogen) atoms. The Morgan fingerprint density at radius 3 is 2.43 bits per heavy atom. The number of rotatable bonds is 10. The van der Waals surface area contributed by atoms with E-state index in [-0.39, 0.29) is 29.5 Å². The number of nitrogens with zero attached hydrogens (tertiary/aromatic N) is 6. The Hall–Kier alpha value is -4.32. The number of halogens is 3. The summed E-state index contributed by atoms with van der Waals surface area (Å²) in [5, 5.41) is 17.7. The van der Waals surface area contributed by atoms with E-state index in [2.05, 4.69) is 20.1 Å². The number of hydrogen-bond donors (Lipinski definition) is 1. The van der Waals surface area contributed by atoms with E-state index in [4.69, 9.17) is 14.2 Å². The van der Waals surface area contributed by atoms with Crippen LogP contribution in [0.5, 0.6) is 11.8 Å². The molecular weight excluding hydrogens is 754 g/mol. The van der Waals surface area contributed by atoms with Crippen molar-refractivity contribution in [1.82, 2.24) is 28.8 Å². The Bertz CT molecular complexity index is 2250. The molecule has 1 spiro atoms. The molecule has 0 saturated carbocycles. The minimum absolute atomic E-state index is 0.0111. The van der Waals surface area contributed by atoms with Crippen molar-refractivity contribution in [3.05, 3.63) is 75.7 Å². The van der Waals surface area contributed by atoms with Crippen LogP contribution in [0.4, 0.5) is 13.2 Å². The number of aliphatic carboxylic acids is 1. The molecule has 3 aromatic heterocycles. The molecule has 0 amide bonds. The number of pyridine rings is 2. The average molecular weight is 801 g/mol. The van der Waals surface area contributed by atoms with E-state index < -0.39 is 44.9 Å². The van der Waals surface area contributed by atoms with E-state index in [1.807, 2.05) is 6.92 Å². The summed E-state index contributed by atoms with van der Waals surface area (Å²) < 4.78 is 91.2. The maximum Gasteiger partial charge on any atom is 0.452 e. The number of carboxylic acids is 1. The highest BCUT2D eigenvalue weighted by Gasteiger charge is 2.47. The van der Waals surface area contributed by atoms with Crippen molar-refractivity contribution in [1.29, 1.82) is 0 Å². The molecule has 1 N–H and O–H groups in total. The lowest BCUT2D eigenvalue weighted by Crippen LogP contribution is -2.50. The van der Waals surface area contributed by atoms with Crippen molar-refractivity contribution in [3.63, 3.8) is 0 Å². The van der Waals surface area contributed by atoms with Crippen molar-refractivity contribution >= 4 is 21.6 Å². The molecule has 0 unspecified atom stereocenters. The number of carbonyl (C=O) groups is 1. The fourth-order valence-corrected chi connectivity index (χ4v) is 9.73. The van der Waals surface area contributed by atoms with Gasteiger partial charge in [0.15, 0.2) is 5.65 Å². The topological polar surface area (TPSA) is 149 Å². The summed E-state index contributed by atoms with van der Waals surface area (Å²) in [4.78, 5) is 19.8. The molecule has 2 saturated heterocycles. The van der Waals surface area contributed by atoms with Crippen molar-refractivity contribution in [2.75, 3.05) is 46.0 Å². The molecule has 3 aliphatic heterocycles. The number of aryl methyl sites for hydroxylation is 3. The Morgan fingerprint density at radius 1 is 1.04 bits per heavy atom. The first-order valence-electron chi connectivity index (χ1n) is 18.8. The molecule has 7 rings (SSSR count). The van der Waals surface area contributed by atoms with Crippen LogP contribution in [-0.2, 0) is 32.3 Å². The minimum Gasteiger partial charge on any atom is -0.481 e. The summed E-state index contributed by atoms with van der Waals surface area (Å²) in [5.74, 6) is -2.89. The van der Waals surface area contributed by atoms with Crippen LogP contribution in [0.15, 0.2) is 41.4 Å². The van der Waals surface area contributed by atoms with Gasteiger partial charge in [0.25, 0.3) is 0 Å². The fourth-order valence-electron chi connectivity index (χ4n) is 8.11. The van der Waals surface area contributed by atoms with Gasteiger partial charge in [-0.2, -0.15) is 22.5 Å². The molecule has 4 aromatic rings. The molecule has 17 heteroatoms. The van der Waals surface area contributed by atoms with E-state index in [1.165, 1.54) is 16.6 Å². The SMILES string of the molecule is Cc1ccc([C@H](c2ccn3c(C(F)(F)F)nnc3c2C)C(C)(C)C(=O)O)cc1CN1CC2(CCOCC2)Oc2nc(OCCN3CCCC3)c(C)cc2S1(=O)=O. The average Bonchev–Trinajstić information content (AvgIpc) is 3.81. The number of alkyl halides is 3. The smallest absolute Gasteiger partial charge is 0.452 e. The van der Waals surface area contributed by atoms with Crippen LogP contribution in [0.3, 0.4) is 0 Å². The van der Waals surface area contributed by atoms with E-state index in [0.29, 0.717) is 66.4 Å². The van der Waals surface area contributed by atoms with Crippen LogP contribution < -0.4 is 9.47 Å². The van der Waals surface area contributed by atoms with Gasteiger partial charge in [0.2, 0.25) is 27.6 Å². The number of ether oxygens (including phenoxy) is 3. The lowest BCUT2D eigenvalue weighted by Gasteiger charge is -2.38. The van der Waals surface area contributed by atoms with E-state index >= 15 is 0 Å². The summed E-state index contributed by atoms with van der Waals surface area (Å²) in [6, 6.07) is 8.39. The highest BCUT2D eigenvalue weighted by atomic mass is 32.2. The molecule has 6 heterocycles. The third-order valence-corrected chi connectivity index (χ3v) is 13.3. The van der Waals surface area contributed by atoms with Gasteiger partial charge in [-0.3, -0.25) is 14.1 Å². The van der Waals surface area contributed by atoms with E-state index in [0.717, 1.165) is 42.4 Å². The molecule has 0 radical (unpaired) electrons. The lowest BCUT2D eigenvalue weighted by molar-refractivity contribution is -0.147. The monoisotopic (exact) mass is 800 g/mol. The van der Waals surface area contributed by atoms with Crippen LogP contribution in [0, 0.1) is 26.2 Å². The highest BCUT2D eigenvalue weighted by Crippen LogP contribution is 2.45. The summed E-state index contributed by atoms with van der Waals surface area (Å²) in [6.45, 7) is 12.2. The van der Waals surface area contributed by atoms with Crippen LogP contribution in [0.1, 0.15) is 84.7 Å². The quantitative estimate of drug-likeness (QED) is 0.204. The fraction of sp³-hybridized carbons (Fsp3) is 0.538. The number of aromatic nitrogens is 4. The molecule has 1 atom stereocenters. The van der Waals surface area contributed by atoms with Gasteiger partial charge in [0.05, 0.1) is 25.2 Å². The Balaban J connectivity index is 1.27. The molecular formula is C39H47F3N6O7S. The zero-order chi connectivity index (χ0) is 40.2. The van der Waals surface area contributed by atoms with Crippen molar-refractivity contribution in [2.45, 2.75) is 89.4 Å². The van der Waals surface area contributed by atoms with Crippen LogP contribution in [-0.4, -0.2) is 99.9 Å². The number of hydrogen-bond acceptors (Lipinski definition) is 10. The van der Waals surface area contributed by atoms with Gasteiger partial charge in [-0.05, 0) is 100 Å². The predicted molar refractivity (Wildman–Crippen MR) is 198 cm³/mol. The molecule has 1 aromatic carbocycles. The number of fused-ring (bicyclic) bond motifs is 2. The van der Waals surface area contributed by atoms with Crippen LogP contribution in [0.2, 0.25) is 0 Å². The third kappa shape index (κ3) is 7.45. The van der Waals surface area contributed by atoms with E-state index in [1.54, 1.807) is 52.0 Å². The number of likely N-dealkylation sites (tertiary alicyclic amines) is 1. The first-order valence-corrected chi connectivity index (χ1v) is 20.2. The van der Waals surface area contributed by atoms with E-state index in [9.17, 15) is 31.5 Å².